The first-order valence-corrected chi connectivity index (χ1v) is 5.30. The summed E-state index contributed by atoms with van der Waals surface area (Å²) in [5, 5.41) is 2.80. The van der Waals surface area contributed by atoms with Crippen LogP contribution in [0.2, 0.25) is 0 Å². The zero-order valence-corrected chi connectivity index (χ0v) is 8.84. The van der Waals surface area contributed by atoms with Crippen molar-refractivity contribution < 1.29 is 9.53 Å². The van der Waals surface area contributed by atoms with Gasteiger partial charge in [-0.1, -0.05) is 0 Å². The van der Waals surface area contributed by atoms with Crippen LogP contribution in [0.3, 0.4) is 0 Å². The van der Waals surface area contributed by atoms with Crippen molar-refractivity contribution in [2.75, 3.05) is 19.8 Å². The van der Waals surface area contributed by atoms with Gasteiger partial charge in [0.15, 0.2) is 0 Å². The first kappa shape index (κ1) is 11.5. The Balaban J connectivity index is 2.04. The predicted octanol–water partition coefficient (Wildman–Crippen LogP) is 0.411. The fourth-order valence-electron chi connectivity index (χ4n) is 1.60. The molecule has 0 aromatic carbocycles. The van der Waals surface area contributed by atoms with Crippen LogP contribution in [-0.2, 0) is 9.53 Å². The lowest BCUT2D eigenvalue weighted by atomic mass is 9.75. The molecule has 0 saturated heterocycles. The smallest absolute Gasteiger partial charge is 0.221 e. The van der Waals surface area contributed by atoms with Crippen LogP contribution in [-0.4, -0.2) is 31.2 Å². The van der Waals surface area contributed by atoms with Crippen molar-refractivity contribution >= 4 is 5.91 Å². The average Bonchev–Trinajstić information content (AvgIpc) is 2.10. The van der Waals surface area contributed by atoms with Crippen LogP contribution in [0.1, 0.15) is 32.6 Å². The zero-order valence-electron chi connectivity index (χ0n) is 8.84. The molecule has 0 atom stereocenters. The molecule has 0 aromatic rings. The van der Waals surface area contributed by atoms with Crippen molar-refractivity contribution in [3.8, 4) is 0 Å². The summed E-state index contributed by atoms with van der Waals surface area (Å²) in [7, 11) is 0. The lowest BCUT2D eigenvalue weighted by Crippen LogP contribution is -2.50. The van der Waals surface area contributed by atoms with E-state index in [0.717, 1.165) is 19.3 Å². The Labute approximate surface area is 85.2 Å². The first-order chi connectivity index (χ1) is 6.66. The van der Waals surface area contributed by atoms with Gasteiger partial charge in [-0.15, -0.1) is 0 Å². The van der Waals surface area contributed by atoms with Crippen LogP contribution in [0.5, 0.6) is 0 Å². The molecular weight excluding hydrogens is 180 g/mol. The van der Waals surface area contributed by atoms with Gasteiger partial charge in [0.05, 0.1) is 6.61 Å². The van der Waals surface area contributed by atoms with Gasteiger partial charge in [-0.25, -0.2) is 0 Å². The van der Waals surface area contributed by atoms with E-state index in [1.54, 1.807) is 0 Å². The highest BCUT2D eigenvalue weighted by atomic mass is 16.5. The van der Waals surface area contributed by atoms with Crippen LogP contribution in [0.4, 0.5) is 0 Å². The van der Waals surface area contributed by atoms with Crippen molar-refractivity contribution in [2.45, 2.75) is 38.1 Å². The molecule has 0 aliphatic heterocycles. The number of nitrogens with two attached hydrogens (primary N) is 1. The van der Waals surface area contributed by atoms with Crippen LogP contribution < -0.4 is 11.1 Å². The fourth-order valence-corrected chi connectivity index (χ4v) is 1.60. The topological polar surface area (TPSA) is 64.3 Å². The van der Waals surface area contributed by atoms with E-state index >= 15 is 0 Å². The molecule has 1 saturated carbocycles. The number of carbonyl (C=O) groups excluding carboxylic acids is 1. The molecule has 1 aliphatic rings. The van der Waals surface area contributed by atoms with Crippen LogP contribution >= 0.6 is 0 Å². The molecule has 0 unspecified atom stereocenters. The standard InChI is InChI=1S/C10H20N2O2/c1-2-14-7-6-12-9(13)8-10(11)4-3-5-10/h2-8,11H2,1H3,(H,12,13). The Morgan fingerprint density at radius 1 is 1.57 bits per heavy atom. The van der Waals surface area contributed by atoms with E-state index in [9.17, 15) is 4.79 Å². The summed E-state index contributed by atoms with van der Waals surface area (Å²) in [4.78, 5) is 11.4. The maximum Gasteiger partial charge on any atom is 0.221 e. The molecule has 0 heterocycles. The summed E-state index contributed by atoms with van der Waals surface area (Å²) in [6.07, 6.45) is 3.57. The molecular formula is C10H20N2O2. The quantitative estimate of drug-likeness (QED) is 0.610. The van der Waals surface area contributed by atoms with E-state index in [4.69, 9.17) is 10.5 Å². The van der Waals surface area contributed by atoms with Gasteiger partial charge in [0, 0.05) is 25.1 Å². The Hall–Kier alpha value is -0.610. The maximum atomic E-state index is 11.4. The summed E-state index contributed by atoms with van der Waals surface area (Å²) in [5.41, 5.74) is 5.73. The molecule has 1 amide bonds. The molecule has 0 radical (unpaired) electrons. The van der Waals surface area contributed by atoms with Gasteiger partial charge in [-0.2, -0.15) is 0 Å². The Bertz CT molecular complexity index is 191. The molecule has 4 nitrogen and oxygen atoms in total. The number of amides is 1. The molecule has 82 valence electrons. The maximum absolute atomic E-state index is 11.4. The molecule has 1 fully saturated rings. The van der Waals surface area contributed by atoms with Crippen molar-refractivity contribution in [3.05, 3.63) is 0 Å². The molecule has 4 heteroatoms. The highest BCUT2D eigenvalue weighted by Gasteiger charge is 2.34. The van der Waals surface area contributed by atoms with E-state index in [-0.39, 0.29) is 11.4 Å². The third kappa shape index (κ3) is 3.64. The second-order valence-electron chi connectivity index (χ2n) is 3.94. The number of hydrogen-bond acceptors (Lipinski definition) is 3. The molecule has 3 N–H and O–H groups in total. The largest absolute Gasteiger partial charge is 0.380 e. The number of carbonyl (C=O) groups is 1. The minimum absolute atomic E-state index is 0.0481. The number of nitrogens with one attached hydrogen (secondary N) is 1. The molecule has 1 aliphatic carbocycles. The average molecular weight is 200 g/mol. The Kier molecular flexibility index (Phi) is 4.35. The Morgan fingerprint density at radius 3 is 2.79 bits per heavy atom. The van der Waals surface area contributed by atoms with Gasteiger partial charge in [0.2, 0.25) is 5.91 Å². The summed E-state index contributed by atoms with van der Waals surface area (Å²) in [5.74, 6) is 0.0481. The number of rotatable bonds is 6. The molecule has 1 rings (SSSR count). The molecule has 0 bridgehead atoms. The summed E-state index contributed by atoms with van der Waals surface area (Å²) in [6.45, 7) is 3.80. The van der Waals surface area contributed by atoms with Gasteiger partial charge < -0.3 is 15.8 Å². The lowest BCUT2D eigenvalue weighted by molar-refractivity contribution is -0.123. The van der Waals surface area contributed by atoms with E-state index in [1.165, 1.54) is 0 Å². The van der Waals surface area contributed by atoms with Crippen molar-refractivity contribution in [2.24, 2.45) is 5.73 Å². The molecule has 0 spiro atoms. The monoisotopic (exact) mass is 200 g/mol. The van der Waals surface area contributed by atoms with Gasteiger partial charge >= 0.3 is 0 Å². The highest BCUT2D eigenvalue weighted by Crippen LogP contribution is 2.31. The van der Waals surface area contributed by atoms with Gasteiger partial charge in [0.25, 0.3) is 0 Å². The van der Waals surface area contributed by atoms with E-state index < -0.39 is 0 Å². The summed E-state index contributed by atoms with van der Waals surface area (Å²) < 4.78 is 5.11. The van der Waals surface area contributed by atoms with Gasteiger partial charge in [-0.05, 0) is 26.2 Å². The zero-order chi connectivity index (χ0) is 10.4. The summed E-state index contributed by atoms with van der Waals surface area (Å²) >= 11 is 0. The number of hydrogen-bond donors (Lipinski definition) is 2. The van der Waals surface area contributed by atoms with E-state index in [0.29, 0.717) is 26.2 Å². The molecule has 0 aromatic heterocycles. The van der Waals surface area contributed by atoms with Gasteiger partial charge in [-0.3, -0.25) is 4.79 Å². The van der Waals surface area contributed by atoms with Crippen molar-refractivity contribution in [1.82, 2.24) is 5.32 Å². The van der Waals surface area contributed by atoms with Crippen molar-refractivity contribution in [1.29, 1.82) is 0 Å². The van der Waals surface area contributed by atoms with Gasteiger partial charge in [0.1, 0.15) is 0 Å². The minimum Gasteiger partial charge on any atom is -0.380 e. The van der Waals surface area contributed by atoms with E-state index in [1.807, 2.05) is 6.92 Å². The van der Waals surface area contributed by atoms with Crippen LogP contribution in [0, 0.1) is 0 Å². The SMILES string of the molecule is CCOCCNC(=O)CC1(N)CCC1. The third-order valence-electron chi connectivity index (χ3n) is 2.63. The van der Waals surface area contributed by atoms with E-state index in [2.05, 4.69) is 5.32 Å². The first-order valence-electron chi connectivity index (χ1n) is 5.30. The number of ether oxygens (including phenoxy) is 1. The van der Waals surface area contributed by atoms with Crippen LogP contribution in [0.15, 0.2) is 0 Å². The highest BCUT2D eigenvalue weighted by molar-refractivity contribution is 5.77. The summed E-state index contributed by atoms with van der Waals surface area (Å²) in [6, 6.07) is 0. The Morgan fingerprint density at radius 2 is 2.29 bits per heavy atom. The predicted molar refractivity (Wildman–Crippen MR) is 54.9 cm³/mol. The van der Waals surface area contributed by atoms with Crippen molar-refractivity contribution in [3.63, 3.8) is 0 Å². The third-order valence-corrected chi connectivity index (χ3v) is 2.63. The second-order valence-corrected chi connectivity index (χ2v) is 3.94. The van der Waals surface area contributed by atoms with Crippen LogP contribution in [0.25, 0.3) is 0 Å². The normalized spacial score (nSPS) is 18.7. The fraction of sp³-hybridized carbons (Fsp3) is 0.900. The minimum atomic E-state index is -0.213. The second kappa shape index (κ2) is 5.32. The molecule has 14 heavy (non-hydrogen) atoms. The lowest BCUT2D eigenvalue weighted by Gasteiger charge is -2.37.